The van der Waals surface area contributed by atoms with Gasteiger partial charge in [0.1, 0.15) is 12.4 Å². The van der Waals surface area contributed by atoms with Crippen molar-refractivity contribution in [2.75, 3.05) is 25.4 Å². The normalized spacial score (nSPS) is 21.4. The zero-order valence-corrected chi connectivity index (χ0v) is 10.6. The fourth-order valence-corrected chi connectivity index (χ4v) is 2.37. The zero-order chi connectivity index (χ0) is 12.1. The molecule has 1 aliphatic heterocycles. The van der Waals surface area contributed by atoms with Gasteiger partial charge in [0, 0.05) is 12.6 Å². The molecule has 3 nitrogen and oxygen atoms in total. The summed E-state index contributed by atoms with van der Waals surface area (Å²) in [6.45, 7) is 5.22. The maximum Gasteiger partial charge on any atom is 0.142 e. The van der Waals surface area contributed by atoms with Gasteiger partial charge in [-0.2, -0.15) is 0 Å². The summed E-state index contributed by atoms with van der Waals surface area (Å²) in [7, 11) is 0. The van der Waals surface area contributed by atoms with Crippen LogP contribution in [0.4, 0.5) is 5.69 Å². The maximum absolute atomic E-state index is 5.83. The van der Waals surface area contributed by atoms with Crippen LogP contribution < -0.4 is 10.5 Å². The minimum atomic E-state index is 0.695. The molecule has 1 unspecified atom stereocenters. The van der Waals surface area contributed by atoms with E-state index in [4.69, 9.17) is 10.5 Å². The SMILES string of the molecule is CC1CCCCN1CCOc1ccccc1N. The van der Waals surface area contributed by atoms with Gasteiger partial charge in [-0.3, -0.25) is 4.90 Å². The molecule has 1 fully saturated rings. The molecule has 1 atom stereocenters. The lowest BCUT2D eigenvalue weighted by Crippen LogP contribution is -2.39. The van der Waals surface area contributed by atoms with Gasteiger partial charge < -0.3 is 10.5 Å². The molecule has 0 aromatic heterocycles. The molecule has 0 bridgehead atoms. The summed E-state index contributed by atoms with van der Waals surface area (Å²) in [6.07, 6.45) is 4.00. The maximum atomic E-state index is 5.83. The largest absolute Gasteiger partial charge is 0.490 e. The Bertz CT molecular complexity index is 354. The van der Waals surface area contributed by atoms with Crippen LogP contribution >= 0.6 is 0 Å². The lowest BCUT2D eigenvalue weighted by molar-refractivity contribution is 0.133. The highest BCUT2D eigenvalue weighted by Gasteiger charge is 2.17. The number of nitrogen functional groups attached to an aromatic ring is 1. The van der Waals surface area contributed by atoms with E-state index in [0.717, 1.165) is 24.6 Å². The van der Waals surface area contributed by atoms with Crippen LogP contribution in [0.2, 0.25) is 0 Å². The number of rotatable bonds is 4. The fourth-order valence-electron chi connectivity index (χ4n) is 2.37. The van der Waals surface area contributed by atoms with Crippen molar-refractivity contribution in [1.82, 2.24) is 4.90 Å². The fraction of sp³-hybridized carbons (Fsp3) is 0.571. The third kappa shape index (κ3) is 3.37. The molecule has 3 heteroatoms. The van der Waals surface area contributed by atoms with E-state index in [1.165, 1.54) is 25.8 Å². The van der Waals surface area contributed by atoms with E-state index in [9.17, 15) is 0 Å². The van der Waals surface area contributed by atoms with Crippen LogP contribution in [-0.4, -0.2) is 30.6 Å². The highest BCUT2D eigenvalue weighted by atomic mass is 16.5. The van der Waals surface area contributed by atoms with Crippen molar-refractivity contribution in [2.24, 2.45) is 0 Å². The smallest absolute Gasteiger partial charge is 0.142 e. The number of likely N-dealkylation sites (tertiary alicyclic amines) is 1. The Morgan fingerprint density at radius 3 is 2.94 bits per heavy atom. The lowest BCUT2D eigenvalue weighted by atomic mass is 10.0. The number of benzene rings is 1. The van der Waals surface area contributed by atoms with Gasteiger partial charge >= 0.3 is 0 Å². The Morgan fingerprint density at radius 2 is 2.18 bits per heavy atom. The number of ether oxygens (including phenoxy) is 1. The average molecular weight is 234 g/mol. The average Bonchev–Trinajstić information content (AvgIpc) is 2.34. The molecule has 0 amide bonds. The van der Waals surface area contributed by atoms with Gasteiger partial charge in [-0.05, 0) is 38.4 Å². The molecule has 1 heterocycles. The number of hydrogen-bond donors (Lipinski definition) is 1. The molecule has 1 aromatic rings. The van der Waals surface area contributed by atoms with Gasteiger partial charge in [0.25, 0.3) is 0 Å². The molecule has 0 radical (unpaired) electrons. The molecule has 0 spiro atoms. The van der Waals surface area contributed by atoms with Crippen LogP contribution in [0.5, 0.6) is 5.75 Å². The first-order valence-corrected chi connectivity index (χ1v) is 6.49. The summed E-state index contributed by atoms with van der Waals surface area (Å²) in [5, 5.41) is 0. The minimum Gasteiger partial charge on any atom is -0.490 e. The van der Waals surface area contributed by atoms with E-state index in [1.807, 2.05) is 24.3 Å². The van der Waals surface area contributed by atoms with Crippen molar-refractivity contribution in [3.63, 3.8) is 0 Å². The van der Waals surface area contributed by atoms with E-state index >= 15 is 0 Å². The second-order valence-electron chi connectivity index (χ2n) is 4.77. The van der Waals surface area contributed by atoms with Crippen LogP contribution in [0.1, 0.15) is 26.2 Å². The van der Waals surface area contributed by atoms with Crippen LogP contribution in [0, 0.1) is 0 Å². The summed E-state index contributed by atoms with van der Waals surface area (Å²) in [6, 6.07) is 8.37. The summed E-state index contributed by atoms with van der Waals surface area (Å²) in [5.74, 6) is 0.803. The summed E-state index contributed by atoms with van der Waals surface area (Å²) < 4.78 is 5.72. The highest BCUT2D eigenvalue weighted by Crippen LogP contribution is 2.20. The van der Waals surface area contributed by atoms with Crippen molar-refractivity contribution >= 4 is 5.69 Å². The van der Waals surface area contributed by atoms with Gasteiger partial charge in [0.05, 0.1) is 5.69 Å². The highest BCUT2D eigenvalue weighted by molar-refractivity contribution is 5.51. The lowest BCUT2D eigenvalue weighted by Gasteiger charge is -2.33. The van der Waals surface area contributed by atoms with E-state index < -0.39 is 0 Å². The van der Waals surface area contributed by atoms with Gasteiger partial charge in [-0.15, -0.1) is 0 Å². The summed E-state index contributed by atoms with van der Waals surface area (Å²) in [4.78, 5) is 2.50. The molecule has 1 aliphatic rings. The molecule has 1 saturated heterocycles. The van der Waals surface area contributed by atoms with E-state index in [2.05, 4.69) is 11.8 Å². The molecule has 0 saturated carbocycles. The molecule has 1 aromatic carbocycles. The number of nitrogens with zero attached hydrogens (tertiary/aromatic N) is 1. The molecule has 2 N–H and O–H groups in total. The molecular weight excluding hydrogens is 212 g/mol. The predicted octanol–water partition coefficient (Wildman–Crippen LogP) is 2.52. The molecule has 17 heavy (non-hydrogen) atoms. The Kier molecular flexibility index (Phi) is 4.26. The van der Waals surface area contributed by atoms with Gasteiger partial charge in [-0.25, -0.2) is 0 Å². The second kappa shape index (κ2) is 5.92. The van der Waals surface area contributed by atoms with Crippen LogP contribution in [0.25, 0.3) is 0 Å². The van der Waals surface area contributed by atoms with Crippen molar-refractivity contribution in [2.45, 2.75) is 32.2 Å². The van der Waals surface area contributed by atoms with Crippen molar-refractivity contribution in [3.05, 3.63) is 24.3 Å². The Labute approximate surface area is 104 Å². The van der Waals surface area contributed by atoms with E-state index in [1.54, 1.807) is 0 Å². The molecule has 0 aliphatic carbocycles. The number of para-hydroxylation sites is 2. The molecule has 94 valence electrons. The first kappa shape index (κ1) is 12.2. The number of piperidine rings is 1. The molecule has 2 rings (SSSR count). The first-order chi connectivity index (χ1) is 8.27. The van der Waals surface area contributed by atoms with Crippen LogP contribution in [0.3, 0.4) is 0 Å². The zero-order valence-electron chi connectivity index (χ0n) is 10.6. The quantitative estimate of drug-likeness (QED) is 0.814. The van der Waals surface area contributed by atoms with Crippen molar-refractivity contribution in [1.29, 1.82) is 0 Å². The Morgan fingerprint density at radius 1 is 1.35 bits per heavy atom. The van der Waals surface area contributed by atoms with Gasteiger partial charge in [0.15, 0.2) is 0 Å². The minimum absolute atomic E-state index is 0.695. The first-order valence-electron chi connectivity index (χ1n) is 6.49. The van der Waals surface area contributed by atoms with Crippen molar-refractivity contribution < 1.29 is 4.74 Å². The van der Waals surface area contributed by atoms with Gasteiger partial charge in [-0.1, -0.05) is 18.6 Å². The van der Waals surface area contributed by atoms with E-state index in [-0.39, 0.29) is 0 Å². The number of nitrogens with two attached hydrogens (primary N) is 1. The second-order valence-corrected chi connectivity index (χ2v) is 4.77. The van der Waals surface area contributed by atoms with Gasteiger partial charge in [0.2, 0.25) is 0 Å². The predicted molar refractivity (Wildman–Crippen MR) is 71.2 cm³/mol. The Hall–Kier alpha value is -1.22. The summed E-state index contributed by atoms with van der Waals surface area (Å²) >= 11 is 0. The number of anilines is 1. The number of hydrogen-bond acceptors (Lipinski definition) is 3. The summed E-state index contributed by atoms with van der Waals surface area (Å²) in [5.41, 5.74) is 6.55. The topological polar surface area (TPSA) is 38.5 Å². The van der Waals surface area contributed by atoms with E-state index in [0.29, 0.717) is 6.04 Å². The molecular formula is C14H22N2O. The van der Waals surface area contributed by atoms with Crippen molar-refractivity contribution in [3.8, 4) is 5.75 Å². The standard InChI is InChI=1S/C14H22N2O/c1-12-6-4-5-9-16(12)10-11-17-14-8-3-2-7-13(14)15/h2-3,7-8,12H,4-6,9-11,15H2,1H3. The monoisotopic (exact) mass is 234 g/mol. The Balaban J connectivity index is 1.77. The third-order valence-electron chi connectivity index (χ3n) is 3.50. The third-order valence-corrected chi connectivity index (χ3v) is 3.50. The van der Waals surface area contributed by atoms with Crippen LogP contribution in [0.15, 0.2) is 24.3 Å². The van der Waals surface area contributed by atoms with Crippen LogP contribution in [-0.2, 0) is 0 Å².